The SMILES string of the molecule is CCC[C@@H](C)CCCOCCCCCCCCCCCCCCSCC. The summed E-state index contributed by atoms with van der Waals surface area (Å²) in [6, 6.07) is 0. The zero-order valence-corrected chi connectivity index (χ0v) is 19.4. The van der Waals surface area contributed by atoms with Crippen LogP contribution < -0.4 is 0 Å². The Bertz CT molecular complexity index is 244. The van der Waals surface area contributed by atoms with Crippen LogP contribution in [-0.4, -0.2) is 24.7 Å². The third kappa shape index (κ3) is 22.4. The molecule has 1 nitrogen and oxygen atoms in total. The van der Waals surface area contributed by atoms with Gasteiger partial charge in [-0.25, -0.2) is 0 Å². The van der Waals surface area contributed by atoms with Gasteiger partial charge in [0.05, 0.1) is 0 Å². The van der Waals surface area contributed by atoms with E-state index in [1.54, 1.807) is 0 Å². The van der Waals surface area contributed by atoms with Gasteiger partial charge < -0.3 is 4.74 Å². The summed E-state index contributed by atoms with van der Waals surface area (Å²) >= 11 is 2.09. The van der Waals surface area contributed by atoms with Crippen molar-refractivity contribution in [3.05, 3.63) is 0 Å². The van der Waals surface area contributed by atoms with E-state index in [2.05, 4.69) is 32.5 Å². The highest BCUT2D eigenvalue weighted by atomic mass is 32.2. The highest BCUT2D eigenvalue weighted by molar-refractivity contribution is 7.99. The fraction of sp³-hybridized carbons (Fsp3) is 1.00. The van der Waals surface area contributed by atoms with Crippen molar-refractivity contribution in [1.29, 1.82) is 0 Å². The molecule has 26 heavy (non-hydrogen) atoms. The van der Waals surface area contributed by atoms with E-state index in [9.17, 15) is 0 Å². The molecule has 0 aliphatic heterocycles. The van der Waals surface area contributed by atoms with Gasteiger partial charge in [-0.15, -0.1) is 0 Å². The summed E-state index contributed by atoms with van der Waals surface area (Å²) in [6.07, 6.45) is 22.4. The Hall–Kier alpha value is 0.310. The monoisotopic (exact) mass is 386 g/mol. The van der Waals surface area contributed by atoms with Crippen LogP contribution in [0.5, 0.6) is 0 Å². The zero-order chi connectivity index (χ0) is 19.1. The molecule has 0 spiro atoms. The number of thioether (sulfide) groups is 1. The van der Waals surface area contributed by atoms with Crippen LogP contribution in [0.1, 0.15) is 124 Å². The molecule has 0 fully saturated rings. The fourth-order valence-corrected chi connectivity index (χ4v) is 4.29. The first-order valence-electron chi connectivity index (χ1n) is 12.0. The van der Waals surface area contributed by atoms with E-state index in [0.29, 0.717) is 0 Å². The molecule has 0 amide bonds. The second-order valence-electron chi connectivity index (χ2n) is 8.09. The second-order valence-corrected chi connectivity index (χ2v) is 9.48. The Morgan fingerprint density at radius 3 is 1.65 bits per heavy atom. The molecule has 0 aliphatic carbocycles. The summed E-state index contributed by atoms with van der Waals surface area (Å²) in [5.41, 5.74) is 0. The van der Waals surface area contributed by atoms with Crippen molar-refractivity contribution in [2.24, 2.45) is 5.92 Å². The van der Waals surface area contributed by atoms with E-state index >= 15 is 0 Å². The maximum Gasteiger partial charge on any atom is 0.0466 e. The zero-order valence-electron chi connectivity index (χ0n) is 18.5. The summed E-state index contributed by atoms with van der Waals surface area (Å²) < 4.78 is 5.77. The lowest BCUT2D eigenvalue weighted by Gasteiger charge is -2.09. The van der Waals surface area contributed by atoms with Gasteiger partial charge in [0.1, 0.15) is 0 Å². The van der Waals surface area contributed by atoms with Crippen LogP contribution >= 0.6 is 11.8 Å². The molecule has 0 rings (SSSR count). The van der Waals surface area contributed by atoms with E-state index in [4.69, 9.17) is 4.74 Å². The average Bonchev–Trinajstić information content (AvgIpc) is 2.64. The number of rotatable bonds is 22. The molecule has 0 aromatic carbocycles. The number of hydrogen-bond acceptors (Lipinski definition) is 2. The quantitative estimate of drug-likeness (QED) is 0.172. The van der Waals surface area contributed by atoms with Gasteiger partial charge in [0.15, 0.2) is 0 Å². The summed E-state index contributed by atoms with van der Waals surface area (Å²) in [5.74, 6) is 3.54. The van der Waals surface area contributed by atoms with Crippen molar-refractivity contribution in [3.8, 4) is 0 Å². The third-order valence-corrected chi connectivity index (χ3v) is 6.28. The molecule has 0 bridgehead atoms. The van der Waals surface area contributed by atoms with Gasteiger partial charge in [-0.05, 0) is 43.1 Å². The Labute approximate surface area is 170 Å². The molecule has 0 radical (unpaired) electrons. The van der Waals surface area contributed by atoms with Gasteiger partial charge in [-0.3, -0.25) is 0 Å². The van der Waals surface area contributed by atoms with Crippen molar-refractivity contribution < 1.29 is 4.74 Å². The van der Waals surface area contributed by atoms with Gasteiger partial charge in [-0.2, -0.15) is 11.8 Å². The van der Waals surface area contributed by atoms with Gasteiger partial charge in [0.2, 0.25) is 0 Å². The molecule has 0 aliphatic rings. The molecule has 0 heterocycles. The van der Waals surface area contributed by atoms with Gasteiger partial charge in [0, 0.05) is 13.2 Å². The Morgan fingerprint density at radius 2 is 1.12 bits per heavy atom. The maximum atomic E-state index is 5.77. The van der Waals surface area contributed by atoms with E-state index in [1.807, 2.05) is 0 Å². The smallest absolute Gasteiger partial charge is 0.0466 e. The molecule has 1 atom stereocenters. The van der Waals surface area contributed by atoms with Crippen LogP contribution in [0.2, 0.25) is 0 Å². The lowest BCUT2D eigenvalue weighted by molar-refractivity contribution is 0.123. The van der Waals surface area contributed by atoms with E-state index < -0.39 is 0 Å². The summed E-state index contributed by atoms with van der Waals surface area (Å²) in [4.78, 5) is 0. The van der Waals surface area contributed by atoms with Crippen molar-refractivity contribution in [2.45, 2.75) is 124 Å². The van der Waals surface area contributed by atoms with Crippen LogP contribution in [0.4, 0.5) is 0 Å². The van der Waals surface area contributed by atoms with Gasteiger partial charge >= 0.3 is 0 Å². The summed E-state index contributed by atoms with van der Waals surface area (Å²) in [6.45, 7) is 8.87. The molecule has 0 unspecified atom stereocenters. The average molecular weight is 387 g/mol. The molecule has 0 aromatic rings. The van der Waals surface area contributed by atoms with Crippen LogP contribution in [0.15, 0.2) is 0 Å². The molecular weight excluding hydrogens is 336 g/mol. The van der Waals surface area contributed by atoms with Crippen molar-refractivity contribution in [1.82, 2.24) is 0 Å². The fourth-order valence-electron chi connectivity index (χ4n) is 3.59. The lowest BCUT2D eigenvalue weighted by atomic mass is 10.0. The standard InChI is InChI=1S/C24H50OS/c1-4-19-24(3)20-18-22-25-21-16-14-12-10-8-6-7-9-11-13-15-17-23-26-5-2/h24H,4-23H2,1-3H3/t24-/m1/s1. The first-order chi connectivity index (χ1) is 12.8. The Morgan fingerprint density at radius 1 is 0.615 bits per heavy atom. The minimum Gasteiger partial charge on any atom is -0.381 e. The summed E-state index contributed by atoms with van der Waals surface area (Å²) in [7, 11) is 0. The van der Waals surface area contributed by atoms with E-state index in [-0.39, 0.29) is 0 Å². The molecule has 0 N–H and O–H groups in total. The molecule has 0 saturated carbocycles. The van der Waals surface area contributed by atoms with E-state index in [1.165, 1.54) is 114 Å². The second kappa shape index (κ2) is 23.3. The topological polar surface area (TPSA) is 9.23 Å². The molecule has 2 heteroatoms. The Kier molecular flexibility index (Phi) is 23.6. The lowest BCUT2D eigenvalue weighted by Crippen LogP contribution is -2.00. The highest BCUT2D eigenvalue weighted by Gasteiger charge is 2.00. The van der Waals surface area contributed by atoms with Crippen LogP contribution in [0.25, 0.3) is 0 Å². The van der Waals surface area contributed by atoms with Crippen LogP contribution in [0, 0.1) is 5.92 Å². The molecule has 0 aromatic heterocycles. The largest absolute Gasteiger partial charge is 0.381 e. The number of unbranched alkanes of at least 4 members (excludes halogenated alkanes) is 11. The van der Waals surface area contributed by atoms with Crippen LogP contribution in [0.3, 0.4) is 0 Å². The third-order valence-electron chi connectivity index (χ3n) is 5.30. The molecule has 0 saturated heterocycles. The number of hydrogen-bond donors (Lipinski definition) is 0. The van der Waals surface area contributed by atoms with Crippen molar-refractivity contribution in [2.75, 3.05) is 24.7 Å². The minimum atomic E-state index is 0.883. The predicted octanol–water partition coefficient (Wildman–Crippen LogP) is 8.65. The molecule has 158 valence electrons. The number of ether oxygens (including phenoxy) is 1. The maximum absolute atomic E-state index is 5.77. The van der Waals surface area contributed by atoms with Crippen molar-refractivity contribution >= 4 is 11.8 Å². The van der Waals surface area contributed by atoms with Crippen LogP contribution in [-0.2, 0) is 4.74 Å². The van der Waals surface area contributed by atoms with Gasteiger partial charge in [-0.1, -0.05) is 97.8 Å². The first kappa shape index (κ1) is 26.3. The Balaban J connectivity index is 3.01. The van der Waals surface area contributed by atoms with Gasteiger partial charge in [0.25, 0.3) is 0 Å². The normalized spacial score (nSPS) is 12.6. The minimum absolute atomic E-state index is 0.883. The summed E-state index contributed by atoms with van der Waals surface area (Å²) in [5, 5.41) is 0. The predicted molar refractivity (Wildman–Crippen MR) is 123 cm³/mol. The van der Waals surface area contributed by atoms with Crippen molar-refractivity contribution in [3.63, 3.8) is 0 Å². The highest BCUT2D eigenvalue weighted by Crippen LogP contribution is 2.14. The van der Waals surface area contributed by atoms with E-state index in [0.717, 1.165) is 19.1 Å². The first-order valence-corrected chi connectivity index (χ1v) is 13.1. The molecular formula is C24H50OS.